The number of ether oxygens (including phenoxy) is 1. The van der Waals surface area contributed by atoms with Gasteiger partial charge in [-0.2, -0.15) is 0 Å². The van der Waals surface area contributed by atoms with Gasteiger partial charge in [-0.05, 0) is 25.8 Å². The molecule has 5 heteroatoms. The fourth-order valence-electron chi connectivity index (χ4n) is 3.63. The lowest BCUT2D eigenvalue weighted by Gasteiger charge is -2.31. The predicted molar refractivity (Wildman–Crippen MR) is 85.6 cm³/mol. The molecule has 1 aliphatic heterocycles. The first kappa shape index (κ1) is 14.1. The summed E-state index contributed by atoms with van der Waals surface area (Å²) in [6, 6.07) is 7.84. The molecule has 0 radical (unpaired) electrons. The van der Waals surface area contributed by atoms with Crippen molar-refractivity contribution in [3.8, 4) is 5.75 Å². The Balaban J connectivity index is 1.98. The zero-order valence-electron chi connectivity index (χ0n) is 13.2. The van der Waals surface area contributed by atoms with Gasteiger partial charge in [-0.3, -0.25) is 4.79 Å². The summed E-state index contributed by atoms with van der Waals surface area (Å²) < 4.78 is 11.0. The van der Waals surface area contributed by atoms with E-state index in [1.807, 2.05) is 31.2 Å². The van der Waals surface area contributed by atoms with Gasteiger partial charge in [0.15, 0.2) is 5.78 Å². The Morgan fingerprint density at radius 1 is 1.30 bits per heavy atom. The summed E-state index contributed by atoms with van der Waals surface area (Å²) in [6.45, 7) is 1.91. The molecule has 23 heavy (non-hydrogen) atoms. The van der Waals surface area contributed by atoms with Crippen molar-refractivity contribution in [2.75, 3.05) is 12.4 Å². The molecule has 2 aromatic rings. The van der Waals surface area contributed by atoms with Crippen LogP contribution in [0.25, 0.3) is 0 Å². The van der Waals surface area contributed by atoms with Crippen molar-refractivity contribution in [3.63, 3.8) is 0 Å². The molecule has 0 saturated heterocycles. The van der Waals surface area contributed by atoms with E-state index in [1.165, 1.54) is 0 Å². The summed E-state index contributed by atoms with van der Waals surface area (Å²) in [5.74, 6) is 1.43. The maximum absolute atomic E-state index is 12.7. The lowest BCUT2D eigenvalue weighted by Crippen LogP contribution is -2.26. The van der Waals surface area contributed by atoms with E-state index < -0.39 is 0 Å². The second-order valence-electron chi connectivity index (χ2n) is 5.98. The van der Waals surface area contributed by atoms with Crippen LogP contribution in [0.2, 0.25) is 0 Å². The van der Waals surface area contributed by atoms with Crippen LogP contribution in [-0.4, -0.2) is 18.0 Å². The highest BCUT2D eigenvalue weighted by Crippen LogP contribution is 2.48. The number of rotatable bonds is 2. The van der Waals surface area contributed by atoms with Crippen molar-refractivity contribution in [1.82, 2.24) is 5.16 Å². The first-order valence-corrected chi connectivity index (χ1v) is 7.83. The number of Topliss-reactive ketones (excluding diaryl/α,β-unsaturated/α-hetero) is 1. The van der Waals surface area contributed by atoms with Gasteiger partial charge in [0.2, 0.25) is 5.88 Å². The number of allylic oxidation sites excluding steroid dienone is 2. The third-order valence-electron chi connectivity index (χ3n) is 4.66. The Bertz CT molecular complexity index is 819. The number of ketones is 1. The van der Waals surface area contributed by atoms with Crippen molar-refractivity contribution in [1.29, 1.82) is 0 Å². The summed E-state index contributed by atoms with van der Waals surface area (Å²) in [6.07, 6.45) is 2.31. The fourth-order valence-corrected chi connectivity index (χ4v) is 3.63. The number of hydrogen-bond donors (Lipinski definition) is 1. The normalized spacial score (nSPS) is 19.9. The van der Waals surface area contributed by atoms with E-state index in [0.29, 0.717) is 12.3 Å². The average Bonchev–Trinajstić information content (AvgIpc) is 2.94. The number of carbonyl (C=O) groups excluding carboxylic acids is 1. The Morgan fingerprint density at radius 3 is 2.96 bits per heavy atom. The number of carbonyl (C=O) groups is 1. The van der Waals surface area contributed by atoms with E-state index in [4.69, 9.17) is 9.26 Å². The first-order chi connectivity index (χ1) is 11.2. The second-order valence-corrected chi connectivity index (χ2v) is 5.98. The zero-order valence-corrected chi connectivity index (χ0v) is 13.2. The Kier molecular flexibility index (Phi) is 3.22. The molecule has 0 fully saturated rings. The molecular weight excluding hydrogens is 292 g/mol. The number of benzene rings is 1. The molecule has 1 aliphatic carbocycles. The third-order valence-corrected chi connectivity index (χ3v) is 4.66. The number of anilines is 1. The third kappa shape index (κ3) is 2.07. The molecule has 1 aromatic heterocycles. The summed E-state index contributed by atoms with van der Waals surface area (Å²) in [4.78, 5) is 12.7. The topological polar surface area (TPSA) is 64.4 Å². The van der Waals surface area contributed by atoms with Crippen LogP contribution in [0.3, 0.4) is 0 Å². The molecule has 2 heterocycles. The number of hydrogen-bond acceptors (Lipinski definition) is 5. The predicted octanol–water partition coefficient (Wildman–Crippen LogP) is 3.56. The SMILES string of the molecule is COc1ccccc1[C@@H]1C2=C(CCCC2=O)Nc2onc(C)c21. The van der Waals surface area contributed by atoms with Crippen LogP contribution in [0.5, 0.6) is 5.75 Å². The highest BCUT2D eigenvalue weighted by atomic mass is 16.5. The molecule has 0 bridgehead atoms. The summed E-state index contributed by atoms with van der Waals surface area (Å²) >= 11 is 0. The minimum absolute atomic E-state index is 0.184. The standard InChI is InChI=1S/C18H18N2O3/c1-10-15-16(11-6-3-4-9-14(11)22-2)17-12(7-5-8-13(17)21)19-18(15)23-20-10/h3-4,6,9,16,19H,5,7-8H2,1-2H3/t16-/m0/s1. The van der Waals surface area contributed by atoms with Crippen molar-refractivity contribution in [3.05, 3.63) is 52.4 Å². The highest BCUT2D eigenvalue weighted by Gasteiger charge is 2.39. The van der Waals surface area contributed by atoms with E-state index in [-0.39, 0.29) is 11.7 Å². The van der Waals surface area contributed by atoms with Gasteiger partial charge in [0.1, 0.15) is 5.75 Å². The summed E-state index contributed by atoms with van der Waals surface area (Å²) in [5, 5.41) is 7.37. The molecule has 5 nitrogen and oxygen atoms in total. The number of para-hydroxylation sites is 1. The zero-order chi connectivity index (χ0) is 16.0. The quantitative estimate of drug-likeness (QED) is 0.919. The molecule has 4 rings (SSSR count). The molecule has 1 N–H and O–H groups in total. The minimum atomic E-state index is -0.184. The highest BCUT2D eigenvalue weighted by molar-refractivity contribution is 6.01. The van der Waals surface area contributed by atoms with Crippen molar-refractivity contribution in [2.24, 2.45) is 0 Å². The van der Waals surface area contributed by atoms with E-state index in [9.17, 15) is 4.79 Å². The molecule has 1 atom stereocenters. The van der Waals surface area contributed by atoms with Gasteiger partial charge in [0, 0.05) is 23.3 Å². The average molecular weight is 310 g/mol. The molecule has 0 saturated carbocycles. The maximum Gasteiger partial charge on any atom is 0.233 e. The van der Waals surface area contributed by atoms with Gasteiger partial charge in [-0.1, -0.05) is 23.4 Å². The van der Waals surface area contributed by atoms with Crippen LogP contribution in [0.15, 0.2) is 40.1 Å². The van der Waals surface area contributed by atoms with Crippen molar-refractivity contribution >= 4 is 11.7 Å². The number of methoxy groups -OCH3 is 1. The van der Waals surface area contributed by atoms with E-state index in [1.54, 1.807) is 7.11 Å². The number of nitrogens with zero attached hydrogens (tertiary/aromatic N) is 1. The number of aromatic nitrogens is 1. The minimum Gasteiger partial charge on any atom is -0.496 e. The van der Waals surface area contributed by atoms with Crippen LogP contribution in [0.1, 0.15) is 42.0 Å². The number of aryl methyl sites for hydroxylation is 1. The molecule has 2 aliphatic rings. The molecule has 1 aromatic carbocycles. The monoisotopic (exact) mass is 310 g/mol. The van der Waals surface area contributed by atoms with E-state index in [2.05, 4.69) is 10.5 Å². The molecule has 118 valence electrons. The van der Waals surface area contributed by atoms with Crippen LogP contribution >= 0.6 is 0 Å². The van der Waals surface area contributed by atoms with Crippen LogP contribution in [-0.2, 0) is 4.79 Å². The Hall–Kier alpha value is -2.56. The van der Waals surface area contributed by atoms with Crippen LogP contribution in [0.4, 0.5) is 5.88 Å². The largest absolute Gasteiger partial charge is 0.496 e. The molecule has 0 amide bonds. The fraction of sp³-hybridized carbons (Fsp3) is 0.333. The second kappa shape index (κ2) is 5.26. The van der Waals surface area contributed by atoms with Gasteiger partial charge in [-0.25, -0.2) is 0 Å². The number of fused-ring (bicyclic) bond motifs is 1. The Morgan fingerprint density at radius 2 is 2.13 bits per heavy atom. The van der Waals surface area contributed by atoms with Gasteiger partial charge in [0.25, 0.3) is 0 Å². The Labute approximate surface area is 134 Å². The molecular formula is C18H18N2O3. The molecule has 0 unspecified atom stereocenters. The first-order valence-electron chi connectivity index (χ1n) is 7.83. The van der Waals surface area contributed by atoms with Gasteiger partial charge < -0.3 is 14.6 Å². The lowest BCUT2D eigenvalue weighted by atomic mass is 9.76. The van der Waals surface area contributed by atoms with Crippen LogP contribution in [0, 0.1) is 6.92 Å². The van der Waals surface area contributed by atoms with Gasteiger partial charge in [0.05, 0.1) is 24.3 Å². The smallest absolute Gasteiger partial charge is 0.233 e. The van der Waals surface area contributed by atoms with Crippen LogP contribution < -0.4 is 10.1 Å². The van der Waals surface area contributed by atoms with Crippen molar-refractivity contribution < 1.29 is 14.1 Å². The maximum atomic E-state index is 12.7. The lowest BCUT2D eigenvalue weighted by molar-refractivity contribution is -0.116. The van der Waals surface area contributed by atoms with Crippen molar-refractivity contribution in [2.45, 2.75) is 32.1 Å². The van der Waals surface area contributed by atoms with Gasteiger partial charge in [-0.15, -0.1) is 0 Å². The van der Waals surface area contributed by atoms with E-state index in [0.717, 1.165) is 46.7 Å². The summed E-state index contributed by atoms with van der Waals surface area (Å²) in [7, 11) is 1.65. The number of nitrogens with one attached hydrogen (secondary N) is 1. The van der Waals surface area contributed by atoms with E-state index >= 15 is 0 Å². The molecule has 0 spiro atoms. The summed E-state index contributed by atoms with van der Waals surface area (Å²) in [5.41, 5.74) is 4.50. The van der Waals surface area contributed by atoms with Gasteiger partial charge >= 0.3 is 0 Å².